The number of hydrogen-bond donors (Lipinski definition) is 0. The van der Waals surface area contributed by atoms with E-state index in [9.17, 15) is 4.39 Å². The first-order valence-electron chi connectivity index (χ1n) is 11.9. The Morgan fingerprint density at radius 3 is 2.67 bits per heavy atom. The van der Waals surface area contributed by atoms with Crippen LogP contribution in [0.15, 0.2) is 48.7 Å². The molecule has 2 aliphatic carbocycles. The van der Waals surface area contributed by atoms with Crippen LogP contribution in [-0.4, -0.2) is 29.5 Å². The van der Waals surface area contributed by atoms with Crippen LogP contribution in [0.25, 0.3) is 17.2 Å². The standard InChI is InChI=1S/C27H33FN2/c28-24-8-5-7-20(17-24)22-10-11-25(29-18-22)12-13-27-23(19-30-14-3-4-15-30)16-21-6-1-2-9-26(21)27/h5,7-8,10-13,17-18,21,23,26-27H,1-4,6,9,14-16,19H2/t21-,23-,26-,27-/m1/s1. The molecule has 2 aromatic rings. The number of pyridine rings is 1. The van der Waals surface area contributed by atoms with Crippen molar-refractivity contribution in [2.75, 3.05) is 19.6 Å². The lowest BCUT2D eigenvalue weighted by atomic mass is 9.77. The molecule has 2 heterocycles. The van der Waals surface area contributed by atoms with Gasteiger partial charge >= 0.3 is 0 Å². The van der Waals surface area contributed by atoms with E-state index in [0.717, 1.165) is 34.6 Å². The number of hydrogen-bond acceptors (Lipinski definition) is 2. The molecule has 2 saturated carbocycles. The van der Waals surface area contributed by atoms with Gasteiger partial charge in [0.2, 0.25) is 0 Å². The van der Waals surface area contributed by atoms with Crippen LogP contribution >= 0.6 is 0 Å². The molecule has 5 rings (SSSR count). The van der Waals surface area contributed by atoms with Crippen LogP contribution in [0, 0.1) is 29.5 Å². The van der Waals surface area contributed by atoms with Crippen molar-refractivity contribution in [1.82, 2.24) is 9.88 Å². The van der Waals surface area contributed by atoms with Crippen molar-refractivity contribution < 1.29 is 4.39 Å². The van der Waals surface area contributed by atoms with Crippen LogP contribution in [-0.2, 0) is 0 Å². The highest BCUT2D eigenvalue weighted by Crippen LogP contribution is 2.50. The SMILES string of the molecule is Fc1cccc(-c2ccc(C=C[C@@H]3[C@@H](CN4CCCC4)C[C@H]4CCCC[C@H]43)nc2)c1. The number of rotatable bonds is 5. The number of nitrogens with zero attached hydrogens (tertiary/aromatic N) is 2. The quantitative estimate of drug-likeness (QED) is 0.570. The fraction of sp³-hybridized carbons (Fsp3) is 0.519. The molecular weight excluding hydrogens is 371 g/mol. The average Bonchev–Trinajstić information content (AvgIpc) is 3.40. The Bertz CT molecular complexity index is 869. The van der Waals surface area contributed by atoms with Gasteiger partial charge in [-0.2, -0.15) is 0 Å². The fourth-order valence-corrected chi connectivity index (χ4v) is 6.28. The van der Waals surface area contributed by atoms with Crippen molar-refractivity contribution in [3.05, 3.63) is 60.2 Å². The number of halogens is 1. The summed E-state index contributed by atoms with van der Waals surface area (Å²) in [6.07, 6.45) is 16.4. The highest BCUT2D eigenvalue weighted by atomic mass is 19.1. The molecule has 30 heavy (non-hydrogen) atoms. The Balaban J connectivity index is 1.31. The summed E-state index contributed by atoms with van der Waals surface area (Å²) < 4.78 is 13.5. The third-order valence-electron chi connectivity index (χ3n) is 7.74. The summed E-state index contributed by atoms with van der Waals surface area (Å²) in [6.45, 7) is 3.88. The van der Waals surface area contributed by atoms with E-state index in [1.807, 2.05) is 12.3 Å². The largest absolute Gasteiger partial charge is 0.303 e. The van der Waals surface area contributed by atoms with Crippen LogP contribution in [0.4, 0.5) is 4.39 Å². The summed E-state index contributed by atoms with van der Waals surface area (Å²) >= 11 is 0. The second-order valence-corrected chi connectivity index (χ2v) is 9.63. The predicted molar refractivity (Wildman–Crippen MR) is 121 cm³/mol. The molecular formula is C27H33FN2. The van der Waals surface area contributed by atoms with E-state index in [2.05, 4.69) is 34.2 Å². The third-order valence-corrected chi connectivity index (χ3v) is 7.74. The summed E-state index contributed by atoms with van der Waals surface area (Å²) in [5.41, 5.74) is 2.85. The maximum Gasteiger partial charge on any atom is 0.123 e. The number of benzene rings is 1. The predicted octanol–water partition coefficient (Wildman–Crippen LogP) is 6.44. The lowest BCUT2D eigenvalue weighted by Crippen LogP contribution is -2.29. The maximum atomic E-state index is 13.5. The summed E-state index contributed by atoms with van der Waals surface area (Å²) in [6, 6.07) is 10.9. The molecule has 1 aliphatic heterocycles. The number of likely N-dealkylation sites (tertiary alicyclic amines) is 1. The first kappa shape index (κ1) is 19.9. The van der Waals surface area contributed by atoms with Crippen molar-refractivity contribution >= 4 is 6.08 Å². The Morgan fingerprint density at radius 1 is 1.00 bits per heavy atom. The zero-order chi connectivity index (χ0) is 20.3. The van der Waals surface area contributed by atoms with Crippen LogP contribution in [0.1, 0.15) is 50.6 Å². The molecule has 3 fully saturated rings. The first-order chi connectivity index (χ1) is 14.8. The smallest absolute Gasteiger partial charge is 0.123 e. The maximum absolute atomic E-state index is 13.5. The summed E-state index contributed by atoms with van der Waals surface area (Å²) in [7, 11) is 0. The van der Waals surface area contributed by atoms with E-state index < -0.39 is 0 Å². The van der Waals surface area contributed by atoms with Crippen molar-refractivity contribution in [1.29, 1.82) is 0 Å². The number of aromatic nitrogens is 1. The van der Waals surface area contributed by atoms with Gasteiger partial charge in [-0.3, -0.25) is 4.98 Å². The van der Waals surface area contributed by atoms with Crippen molar-refractivity contribution in [2.45, 2.75) is 44.9 Å². The van der Waals surface area contributed by atoms with Crippen molar-refractivity contribution in [2.24, 2.45) is 23.7 Å². The van der Waals surface area contributed by atoms with Gasteiger partial charge in [-0.1, -0.05) is 43.5 Å². The zero-order valence-corrected chi connectivity index (χ0v) is 17.8. The highest BCUT2D eigenvalue weighted by Gasteiger charge is 2.43. The lowest BCUT2D eigenvalue weighted by molar-refractivity contribution is 0.229. The lowest BCUT2D eigenvalue weighted by Gasteiger charge is -2.29. The number of fused-ring (bicyclic) bond motifs is 1. The summed E-state index contributed by atoms with van der Waals surface area (Å²) in [5, 5.41) is 0. The van der Waals surface area contributed by atoms with Gasteiger partial charge in [0.1, 0.15) is 5.82 Å². The minimum Gasteiger partial charge on any atom is -0.303 e. The van der Waals surface area contributed by atoms with E-state index in [4.69, 9.17) is 0 Å². The van der Waals surface area contributed by atoms with Crippen LogP contribution in [0.2, 0.25) is 0 Å². The van der Waals surface area contributed by atoms with Crippen molar-refractivity contribution in [3.63, 3.8) is 0 Å². The minimum atomic E-state index is -0.205. The first-order valence-corrected chi connectivity index (χ1v) is 11.9. The molecule has 1 aromatic heterocycles. The van der Waals surface area contributed by atoms with Gasteiger partial charge in [0.15, 0.2) is 0 Å². The Kier molecular flexibility index (Phi) is 5.99. The number of allylic oxidation sites excluding steroid dienone is 1. The van der Waals surface area contributed by atoms with E-state index in [1.165, 1.54) is 70.6 Å². The third kappa shape index (κ3) is 4.37. The topological polar surface area (TPSA) is 16.1 Å². The van der Waals surface area contributed by atoms with Gasteiger partial charge in [-0.05, 0) is 92.3 Å². The van der Waals surface area contributed by atoms with Gasteiger partial charge in [0, 0.05) is 18.3 Å². The fourth-order valence-electron chi connectivity index (χ4n) is 6.28. The molecule has 158 valence electrons. The van der Waals surface area contributed by atoms with Crippen molar-refractivity contribution in [3.8, 4) is 11.1 Å². The molecule has 0 amide bonds. The van der Waals surface area contributed by atoms with Crippen LogP contribution < -0.4 is 0 Å². The molecule has 0 bridgehead atoms. The van der Waals surface area contributed by atoms with Crippen LogP contribution in [0.3, 0.4) is 0 Å². The van der Waals surface area contributed by atoms with E-state index in [0.29, 0.717) is 5.92 Å². The normalized spacial score (nSPS) is 29.5. The Morgan fingerprint density at radius 2 is 1.87 bits per heavy atom. The molecule has 0 unspecified atom stereocenters. The molecule has 3 heteroatoms. The second-order valence-electron chi connectivity index (χ2n) is 9.63. The van der Waals surface area contributed by atoms with Gasteiger partial charge in [-0.25, -0.2) is 4.39 Å². The van der Waals surface area contributed by atoms with Gasteiger partial charge < -0.3 is 4.90 Å². The van der Waals surface area contributed by atoms with E-state index in [-0.39, 0.29) is 5.82 Å². The van der Waals surface area contributed by atoms with E-state index in [1.54, 1.807) is 12.1 Å². The van der Waals surface area contributed by atoms with Gasteiger partial charge in [0.05, 0.1) is 5.69 Å². The average molecular weight is 405 g/mol. The molecule has 3 aliphatic rings. The molecule has 1 aromatic carbocycles. The second kappa shape index (κ2) is 9.01. The highest BCUT2D eigenvalue weighted by molar-refractivity contribution is 5.63. The Hall–Kier alpha value is -2.00. The zero-order valence-electron chi connectivity index (χ0n) is 17.8. The molecule has 2 nitrogen and oxygen atoms in total. The van der Waals surface area contributed by atoms with Gasteiger partial charge in [0.25, 0.3) is 0 Å². The Labute approximate surface area is 180 Å². The summed E-state index contributed by atoms with van der Waals surface area (Å²) in [5.74, 6) is 3.10. The monoisotopic (exact) mass is 404 g/mol. The molecule has 4 atom stereocenters. The van der Waals surface area contributed by atoms with Crippen LogP contribution in [0.5, 0.6) is 0 Å². The molecule has 0 N–H and O–H groups in total. The van der Waals surface area contributed by atoms with Gasteiger partial charge in [-0.15, -0.1) is 0 Å². The van der Waals surface area contributed by atoms with E-state index >= 15 is 0 Å². The molecule has 0 radical (unpaired) electrons. The summed E-state index contributed by atoms with van der Waals surface area (Å²) in [4.78, 5) is 7.36. The minimum absolute atomic E-state index is 0.205. The molecule has 1 saturated heterocycles. The molecule has 0 spiro atoms.